The van der Waals surface area contributed by atoms with E-state index < -0.39 is 0 Å². The summed E-state index contributed by atoms with van der Waals surface area (Å²) in [6, 6.07) is 16.3. The van der Waals surface area contributed by atoms with E-state index in [2.05, 4.69) is 15.9 Å². The summed E-state index contributed by atoms with van der Waals surface area (Å²) >= 11 is 4.24. The molecule has 2 amide bonds. The molecule has 8 heteroatoms. The van der Waals surface area contributed by atoms with Gasteiger partial charge in [-0.2, -0.15) is 5.26 Å². The van der Waals surface area contributed by atoms with Crippen LogP contribution in [-0.2, 0) is 4.79 Å². The summed E-state index contributed by atoms with van der Waals surface area (Å²) in [6.07, 6.45) is 1.60. The summed E-state index contributed by atoms with van der Waals surface area (Å²) in [6.45, 7) is 0.261. The predicted molar refractivity (Wildman–Crippen MR) is 110 cm³/mol. The summed E-state index contributed by atoms with van der Waals surface area (Å²) in [7, 11) is 0. The van der Waals surface area contributed by atoms with Crippen molar-refractivity contribution in [3.8, 4) is 17.6 Å². The van der Waals surface area contributed by atoms with Crippen LogP contribution in [0.25, 0.3) is 6.08 Å². The fourth-order valence-corrected chi connectivity index (χ4v) is 3.71. The van der Waals surface area contributed by atoms with Crippen LogP contribution in [-0.4, -0.2) is 35.8 Å². The lowest BCUT2D eigenvalue weighted by molar-refractivity contribution is -0.123. The molecule has 1 saturated heterocycles. The number of nitrogens with zero attached hydrogens (tertiary/aromatic N) is 2. The Bertz CT molecular complexity index is 956. The minimum Gasteiger partial charge on any atom is -0.492 e. The van der Waals surface area contributed by atoms with Gasteiger partial charge in [-0.3, -0.25) is 14.5 Å². The Balaban J connectivity index is 1.71. The molecule has 1 heterocycles. The van der Waals surface area contributed by atoms with E-state index in [0.717, 1.165) is 21.1 Å². The van der Waals surface area contributed by atoms with Crippen molar-refractivity contribution in [3.05, 3.63) is 63.5 Å². The summed E-state index contributed by atoms with van der Waals surface area (Å²) < 4.78 is 11.7. The summed E-state index contributed by atoms with van der Waals surface area (Å²) in [5.41, 5.74) is 0.607. The van der Waals surface area contributed by atoms with Crippen molar-refractivity contribution in [1.82, 2.24) is 4.90 Å². The molecule has 0 radical (unpaired) electrons. The van der Waals surface area contributed by atoms with Crippen LogP contribution >= 0.6 is 27.7 Å². The number of amides is 2. The highest BCUT2D eigenvalue weighted by Gasteiger charge is 2.35. The van der Waals surface area contributed by atoms with Crippen molar-refractivity contribution >= 4 is 44.9 Å². The largest absolute Gasteiger partial charge is 0.492 e. The quantitative estimate of drug-likeness (QED) is 0.569. The average molecular weight is 459 g/mol. The van der Waals surface area contributed by atoms with E-state index in [-0.39, 0.29) is 30.9 Å². The molecule has 0 aliphatic carbocycles. The molecule has 1 fully saturated rings. The molecule has 0 spiro atoms. The Morgan fingerprint density at radius 1 is 1.14 bits per heavy atom. The van der Waals surface area contributed by atoms with E-state index in [1.165, 1.54) is 0 Å². The molecule has 2 aromatic carbocycles. The molecule has 0 N–H and O–H groups in total. The van der Waals surface area contributed by atoms with Crippen molar-refractivity contribution in [2.75, 3.05) is 19.8 Å². The second-order valence-electron chi connectivity index (χ2n) is 5.62. The van der Waals surface area contributed by atoms with Gasteiger partial charge in [-0.15, -0.1) is 0 Å². The van der Waals surface area contributed by atoms with Gasteiger partial charge in [0.1, 0.15) is 24.2 Å². The van der Waals surface area contributed by atoms with Crippen molar-refractivity contribution < 1.29 is 19.1 Å². The highest BCUT2D eigenvalue weighted by atomic mass is 79.9. The van der Waals surface area contributed by atoms with E-state index >= 15 is 0 Å². The van der Waals surface area contributed by atoms with Crippen molar-refractivity contribution in [1.29, 1.82) is 5.26 Å². The maximum absolute atomic E-state index is 12.6. The van der Waals surface area contributed by atoms with E-state index in [1.807, 2.05) is 36.4 Å². The fraction of sp³-hybridized carbons (Fsp3) is 0.150. The number of nitriles is 1. The fourth-order valence-electron chi connectivity index (χ4n) is 2.48. The Morgan fingerprint density at radius 3 is 2.68 bits per heavy atom. The first kappa shape index (κ1) is 20.0. The Morgan fingerprint density at radius 2 is 1.93 bits per heavy atom. The van der Waals surface area contributed by atoms with E-state index in [9.17, 15) is 9.59 Å². The molecule has 1 aliphatic heterocycles. The second kappa shape index (κ2) is 9.44. The zero-order chi connectivity index (χ0) is 19.9. The molecule has 3 rings (SSSR count). The van der Waals surface area contributed by atoms with E-state index in [0.29, 0.717) is 22.0 Å². The Labute approximate surface area is 174 Å². The Hall–Kier alpha value is -2.76. The van der Waals surface area contributed by atoms with Crippen molar-refractivity contribution in [3.63, 3.8) is 0 Å². The van der Waals surface area contributed by atoms with Gasteiger partial charge in [-0.1, -0.05) is 34.1 Å². The zero-order valence-corrected chi connectivity index (χ0v) is 17.0. The highest BCUT2D eigenvalue weighted by Crippen LogP contribution is 2.34. The maximum atomic E-state index is 12.6. The normalized spacial score (nSPS) is 15.0. The highest BCUT2D eigenvalue weighted by molar-refractivity contribution is 9.10. The van der Waals surface area contributed by atoms with E-state index in [1.54, 1.807) is 24.3 Å². The molecular weight excluding hydrogens is 444 g/mol. The number of thioether (sulfide) groups is 1. The predicted octanol–water partition coefficient (Wildman–Crippen LogP) is 4.47. The first-order valence-corrected chi connectivity index (χ1v) is 9.92. The van der Waals surface area contributed by atoms with Gasteiger partial charge >= 0.3 is 0 Å². The smallest absolute Gasteiger partial charge is 0.293 e. The van der Waals surface area contributed by atoms with Crippen LogP contribution in [0.4, 0.5) is 4.79 Å². The van der Waals surface area contributed by atoms with Gasteiger partial charge < -0.3 is 9.47 Å². The molecule has 6 nitrogen and oxygen atoms in total. The van der Waals surface area contributed by atoms with Gasteiger partial charge in [0.25, 0.3) is 11.1 Å². The van der Waals surface area contributed by atoms with Crippen LogP contribution < -0.4 is 9.47 Å². The Kier molecular flexibility index (Phi) is 6.74. The number of carbonyl (C=O) groups is 2. The molecule has 0 saturated carbocycles. The lowest BCUT2D eigenvalue weighted by Gasteiger charge is -2.13. The SMILES string of the molecule is N#CCOc1ccc(Br)cc1/C=C1\SC(=O)N(CCOc2ccccc2)C1=O. The van der Waals surface area contributed by atoms with Crippen LogP contribution in [0.15, 0.2) is 57.9 Å². The monoisotopic (exact) mass is 458 g/mol. The van der Waals surface area contributed by atoms with Gasteiger partial charge in [0, 0.05) is 10.0 Å². The van der Waals surface area contributed by atoms with Crippen molar-refractivity contribution in [2.45, 2.75) is 0 Å². The summed E-state index contributed by atoms with van der Waals surface area (Å²) in [5.74, 6) is 0.764. The molecule has 1 aliphatic rings. The molecular formula is C20H15BrN2O4S. The van der Waals surface area contributed by atoms with Crippen LogP contribution in [0, 0.1) is 11.3 Å². The van der Waals surface area contributed by atoms with Gasteiger partial charge in [0.15, 0.2) is 6.61 Å². The molecule has 0 atom stereocenters. The first-order valence-electron chi connectivity index (χ1n) is 8.31. The van der Waals surface area contributed by atoms with Gasteiger partial charge in [0.05, 0.1) is 11.4 Å². The van der Waals surface area contributed by atoms with Crippen molar-refractivity contribution in [2.24, 2.45) is 0 Å². The number of hydrogen-bond donors (Lipinski definition) is 0. The zero-order valence-electron chi connectivity index (χ0n) is 14.6. The number of halogens is 1. The number of para-hydroxylation sites is 1. The maximum Gasteiger partial charge on any atom is 0.293 e. The lowest BCUT2D eigenvalue weighted by atomic mass is 10.2. The topological polar surface area (TPSA) is 79.6 Å². The molecule has 0 unspecified atom stereocenters. The number of ether oxygens (including phenoxy) is 2. The van der Waals surface area contributed by atoms with Gasteiger partial charge in [-0.25, -0.2) is 0 Å². The third kappa shape index (κ3) is 4.94. The molecule has 0 bridgehead atoms. The number of hydrogen-bond acceptors (Lipinski definition) is 6. The average Bonchev–Trinajstić information content (AvgIpc) is 2.95. The van der Waals surface area contributed by atoms with Crippen LogP contribution in [0.5, 0.6) is 11.5 Å². The van der Waals surface area contributed by atoms with Gasteiger partial charge in [0.2, 0.25) is 0 Å². The van der Waals surface area contributed by atoms with E-state index in [4.69, 9.17) is 14.7 Å². The minimum absolute atomic E-state index is 0.110. The molecule has 0 aromatic heterocycles. The molecule has 142 valence electrons. The third-order valence-electron chi connectivity index (χ3n) is 3.75. The van der Waals surface area contributed by atoms with Crippen LogP contribution in [0.3, 0.4) is 0 Å². The number of imide groups is 1. The summed E-state index contributed by atoms with van der Waals surface area (Å²) in [5, 5.41) is 8.37. The standard InChI is InChI=1S/C20H15BrN2O4S/c21-15-6-7-17(27-10-8-22)14(12-15)13-18-19(24)23(20(25)28-18)9-11-26-16-4-2-1-3-5-16/h1-7,12-13H,9-11H2/b18-13-. The number of benzene rings is 2. The minimum atomic E-state index is -0.377. The number of carbonyl (C=O) groups excluding carboxylic acids is 2. The molecule has 28 heavy (non-hydrogen) atoms. The van der Waals surface area contributed by atoms with Gasteiger partial charge in [-0.05, 0) is 48.2 Å². The van der Waals surface area contributed by atoms with Crippen LogP contribution in [0.1, 0.15) is 5.56 Å². The summed E-state index contributed by atoms with van der Waals surface area (Å²) in [4.78, 5) is 26.3. The molecule has 2 aromatic rings. The van der Waals surface area contributed by atoms with Crippen LogP contribution in [0.2, 0.25) is 0 Å². The number of rotatable bonds is 7. The second-order valence-corrected chi connectivity index (χ2v) is 7.53. The first-order chi connectivity index (χ1) is 13.6. The third-order valence-corrected chi connectivity index (χ3v) is 5.15. The lowest BCUT2D eigenvalue weighted by Crippen LogP contribution is -2.32.